The fourth-order valence-electron chi connectivity index (χ4n) is 2.32. The Morgan fingerprint density at radius 3 is 3.06 bits per heavy atom. The van der Waals surface area contributed by atoms with Crippen molar-refractivity contribution in [3.63, 3.8) is 0 Å². The molecule has 1 aromatic heterocycles. The van der Waals surface area contributed by atoms with Crippen LogP contribution in [0.1, 0.15) is 18.2 Å². The van der Waals surface area contributed by atoms with Crippen molar-refractivity contribution in [2.24, 2.45) is 17.6 Å². The van der Waals surface area contributed by atoms with Gasteiger partial charge < -0.3 is 5.73 Å². The number of rotatable bonds is 3. The van der Waals surface area contributed by atoms with Gasteiger partial charge in [-0.25, -0.2) is 0 Å². The Kier molecular flexibility index (Phi) is 4.25. The van der Waals surface area contributed by atoms with E-state index in [0.29, 0.717) is 5.92 Å². The molecule has 4 heteroatoms. The molecule has 2 atom stereocenters. The van der Waals surface area contributed by atoms with Crippen LogP contribution < -0.4 is 5.73 Å². The second-order valence-electron chi connectivity index (χ2n) is 4.69. The minimum atomic E-state index is 0.646. The third-order valence-corrected chi connectivity index (χ3v) is 4.93. The molecule has 2 N–H and O–H groups in total. The molecule has 1 aromatic rings. The first-order chi connectivity index (χ1) is 7.70. The Hall–Kier alpha value is -0.0900. The molecule has 0 amide bonds. The van der Waals surface area contributed by atoms with Gasteiger partial charge in [0.25, 0.3) is 0 Å². The number of thiophene rings is 1. The first kappa shape index (κ1) is 12.4. The molecular formula is C12H19ClN2S. The van der Waals surface area contributed by atoms with Crippen molar-refractivity contribution in [1.29, 1.82) is 0 Å². The molecule has 90 valence electrons. The number of hydrogen-bond acceptors (Lipinski definition) is 3. The van der Waals surface area contributed by atoms with Crippen molar-refractivity contribution in [2.75, 3.05) is 19.6 Å². The normalized spacial score (nSPS) is 27.2. The molecule has 1 aliphatic heterocycles. The predicted molar refractivity (Wildman–Crippen MR) is 70.9 cm³/mol. The first-order valence-electron chi connectivity index (χ1n) is 5.85. The average molecular weight is 259 g/mol. The SMILES string of the molecule is CC1CCN(Cc2sccc2Cl)CC1CN. The molecule has 16 heavy (non-hydrogen) atoms. The predicted octanol–water partition coefficient (Wildman–Crippen LogP) is 2.82. The molecule has 0 bridgehead atoms. The van der Waals surface area contributed by atoms with Crippen LogP contribution in [0.3, 0.4) is 0 Å². The number of likely N-dealkylation sites (tertiary alicyclic amines) is 1. The summed E-state index contributed by atoms with van der Waals surface area (Å²) in [5, 5.41) is 2.97. The van der Waals surface area contributed by atoms with Gasteiger partial charge >= 0.3 is 0 Å². The molecule has 1 fully saturated rings. The molecule has 2 unspecified atom stereocenters. The van der Waals surface area contributed by atoms with E-state index in [2.05, 4.69) is 17.2 Å². The lowest BCUT2D eigenvalue weighted by molar-refractivity contribution is 0.127. The van der Waals surface area contributed by atoms with Crippen molar-refractivity contribution in [3.05, 3.63) is 21.3 Å². The van der Waals surface area contributed by atoms with Crippen LogP contribution in [0.15, 0.2) is 11.4 Å². The topological polar surface area (TPSA) is 29.3 Å². The van der Waals surface area contributed by atoms with Crippen LogP contribution in [0.25, 0.3) is 0 Å². The van der Waals surface area contributed by atoms with Gasteiger partial charge in [0.15, 0.2) is 0 Å². The van der Waals surface area contributed by atoms with Gasteiger partial charge in [0.2, 0.25) is 0 Å². The van der Waals surface area contributed by atoms with Crippen molar-refractivity contribution in [3.8, 4) is 0 Å². The zero-order valence-corrected chi connectivity index (χ0v) is 11.2. The minimum Gasteiger partial charge on any atom is -0.330 e. The van der Waals surface area contributed by atoms with E-state index in [1.807, 2.05) is 6.07 Å². The maximum absolute atomic E-state index is 6.12. The van der Waals surface area contributed by atoms with E-state index < -0.39 is 0 Å². The quantitative estimate of drug-likeness (QED) is 0.904. The molecule has 0 spiro atoms. The highest BCUT2D eigenvalue weighted by Gasteiger charge is 2.25. The average Bonchev–Trinajstić information content (AvgIpc) is 2.67. The van der Waals surface area contributed by atoms with Crippen LogP contribution >= 0.6 is 22.9 Å². The summed E-state index contributed by atoms with van der Waals surface area (Å²) < 4.78 is 0. The second-order valence-corrected chi connectivity index (χ2v) is 6.10. The summed E-state index contributed by atoms with van der Waals surface area (Å²) >= 11 is 7.86. The molecule has 2 heterocycles. The molecule has 2 rings (SSSR count). The van der Waals surface area contributed by atoms with Gasteiger partial charge in [0.05, 0.1) is 5.02 Å². The fraction of sp³-hybridized carbons (Fsp3) is 0.667. The Balaban J connectivity index is 1.94. The van der Waals surface area contributed by atoms with Crippen molar-refractivity contribution in [1.82, 2.24) is 4.90 Å². The molecular weight excluding hydrogens is 240 g/mol. The largest absolute Gasteiger partial charge is 0.330 e. The maximum atomic E-state index is 6.12. The highest BCUT2D eigenvalue weighted by atomic mass is 35.5. The molecule has 1 saturated heterocycles. The molecule has 0 aromatic carbocycles. The lowest BCUT2D eigenvalue weighted by Crippen LogP contribution is -2.42. The zero-order valence-electron chi connectivity index (χ0n) is 9.66. The van der Waals surface area contributed by atoms with Crippen LogP contribution in [0.4, 0.5) is 0 Å². The van der Waals surface area contributed by atoms with Crippen LogP contribution in [0, 0.1) is 11.8 Å². The van der Waals surface area contributed by atoms with Gasteiger partial charge in [0.1, 0.15) is 0 Å². The van der Waals surface area contributed by atoms with E-state index in [9.17, 15) is 0 Å². The molecule has 1 aliphatic rings. The van der Waals surface area contributed by atoms with Gasteiger partial charge in [-0.05, 0) is 42.8 Å². The molecule has 2 nitrogen and oxygen atoms in total. The summed E-state index contributed by atoms with van der Waals surface area (Å²) in [6.07, 6.45) is 1.25. The van der Waals surface area contributed by atoms with E-state index in [-0.39, 0.29) is 0 Å². The second kappa shape index (κ2) is 5.50. The first-order valence-corrected chi connectivity index (χ1v) is 7.10. The van der Waals surface area contributed by atoms with Crippen molar-refractivity contribution >= 4 is 22.9 Å². The van der Waals surface area contributed by atoms with E-state index in [1.165, 1.54) is 17.8 Å². The Morgan fingerprint density at radius 1 is 1.62 bits per heavy atom. The van der Waals surface area contributed by atoms with Crippen molar-refractivity contribution < 1.29 is 0 Å². The van der Waals surface area contributed by atoms with E-state index in [0.717, 1.165) is 30.6 Å². The standard InChI is InChI=1S/C12H19ClN2S/c1-9-2-4-15(7-10(9)6-14)8-12-11(13)3-5-16-12/h3,5,9-10H,2,4,6-8,14H2,1H3. The third-order valence-electron chi connectivity index (χ3n) is 3.56. The van der Waals surface area contributed by atoms with Crippen LogP contribution in [-0.2, 0) is 6.54 Å². The van der Waals surface area contributed by atoms with Crippen LogP contribution in [0.2, 0.25) is 5.02 Å². The Labute approximate surface area is 106 Å². The highest BCUT2D eigenvalue weighted by Crippen LogP contribution is 2.27. The van der Waals surface area contributed by atoms with Gasteiger partial charge in [-0.3, -0.25) is 4.90 Å². The summed E-state index contributed by atoms with van der Waals surface area (Å²) in [5.41, 5.74) is 5.81. The molecule has 0 radical (unpaired) electrons. The van der Waals surface area contributed by atoms with Crippen LogP contribution in [0.5, 0.6) is 0 Å². The highest BCUT2D eigenvalue weighted by molar-refractivity contribution is 7.10. The van der Waals surface area contributed by atoms with Crippen LogP contribution in [-0.4, -0.2) is 24.5 Å². The van der Waals surface area contributed by atoms with E-state index in [1.54, 1.807) is 11.3 Å². The smallest absolute Gasteiger partial charge is 0.0558 e. The fourth-order valence-corrected chi connectivity index (χ4v) is 3.45. The number of hydrogen-bond donors (Lipinski definition) is 1. The number of nitrogens with two attached hydrogens (primary N) is 1. The third kappa shape index (κ3) is 2.77. The van der Waals surface area contributed by atoms with Gasteiger partial charge in [-0.1, -0.05) is 18.5 Å². The van der Waals surface area contributed by atoms with Gasteiger partial charge in [-0.15, -0.1) is 11.3 Å². The number of halogens is 1. The van der Waals surface area contributed by atoms with Crippen molar-refractivity contribution in [2.45, 2.75) is 19.9 Å². The molecule has 0 aliphatic carbocycles. The number of nitrogens with zero attached hydrogens (tertiary/aromatic N) is 1. The lowest BCUT2D eigenvalue weighted by Gasteiger charge is -2.36. The zero-order chi connectivity index (χ0) is 11.5. The van der Waals surface area contributed by atoms with Gasteiger partial charge in [-0.2, -0.15) is 0 Å². The monoisotopic (exact) mass is 258 g/mol. The Bertz CT molecular complexity index is 340. The van der Waals surface area contributed by atoms with Gasteiger partial charge in [0, 0.05) is 18.0 Å². The summed E-state index contributed by atoms with van der Waals surface area (Å²) in [4.78, 5) is 3.77. The summed E-state index contributed by atoms with van der Waals surface area (Å²) in [6.45, 7) is 6.39. The van der Waals surface area contributed by atoms with E-state index in [4.69, 9.17) is 17.3 Å². The molecule has 0 saturated carbocycles. The summed E-state index contributed by atoms with van der Waals surface area (Å²) in [7, 11) is 0. The van der Waals surface area contributed by atoms with E-state index >= 15 is 0 Å². The Morgan fingerprint density at radius 2 is 2.44 bits per heavy atom. The minimum absolute atomic E-state index is 0.646. The summed E-state index contributed by atoms with van der Waals surface area (Å²) in [6, 6.07) is 1.98. The number of piperidine rings is 1. The summed E-state index contributed by atoms with van der Waals surface area (Å²) in [5.74, 6) is 1.41. The maximum Gasteiger partial charge on any atom is 0.0558 e. The lowest BCUT2D eigenvalue weighted by atomic mass is 9.87.